The van der Waals surface area contributed by atoms with Crippen molar-refractivity contribution < 1.29 is 9.53 Å². The first kappa shape index (κ1) is 22.3. The summed E-state index contributed by atoms with van der Waals surface area (Å²) in [6, 6.07) is 23.9. The number of aromatic nitrogens is 2. The molecular weight excluding hydrogens is 410 g/mol. The summed E-state index contributed by atoms with van der Waals surface area (Å²) in [4.78, 5) is 12.7. The summed E-state index contributed by atoms with van der Waals surface area (Å²) in [5, 5.41) is 7.76. The average molecular weight is 440 g/mol. The lowest BCUT2D eigenvalue weighted by molar-refractivity contribution is -0.116. The van der Waals surface area contributed by atoms with Gasteiger partial charge in [-0.1, -0.05) is 36.4 Å². The largest absolute Gasteiger partial charge is 0.439 e. The van der Waals surface area contributed by atoms with Gasteiger partial charge in [-0.2, -0.15) is 5.10 Å². The van der Waals surface area contributed by atoms with Gasteiger partial charge in [0.15, 0.2) is 0 Å². The number of carbonyl (C=O) groups is 1. The Hall–Kier alpha value is -3.86. The van der Waals surface area contributed by atoms with Crippen LogP contribution in [0.5, 0.6) is 11.6 Å². The zero-order valence-electron chi connectivity index (χ0n) is 19.6. The lowest BCUT2D eigenvalue weighted by Gasteiger charge is -2.12. The SMILES string of the molecule is Cc1cccc(NC(=O)CCc2c(C)nn(-c3cccc(C)c3)c2Oc2cccc(C)c2)c1. The fraction of sp³-hybridized carbons (Fsp3) is 0.214. The van der Waals surface area contributed by atoms with Crippen LogP contribution in [0.1, 0.15) is 34.4 Å². The number of ether oxygens (including phenoxy) is 1. The molecule has 0 spiro atoms. The lowest BCUT2D eigenvalue weighted by atomic mass is 10.1. The molecule has 33 heavy (non-hydrogen) atoms. The number of hydrogen-bond acceptors (Lipinski definition) is 3. The average Bonchev–Trinajstić information content (AvgIpc) is 3.07. The Kier molecular flexibility index (Phi) is 6.59. The quantitative estimate of drug-likeness (QED) is 0.359. The molecular formula is C28H29N3O2. The number of carbonyl (C=O) groups excluding carboxylic acids is 1. The molecule has 4 aromatic rings. The Bertz CT molecular complexity index is 1290. The minimum absolute atomic E-state index is 0.0372. The third kappa shape index (κ3) is 5.50. The van der Waals surface area contributed by atoms with E-state index in [0.717, 1.165) is 45.1 Å². The van der Waals surface area contributed by atoms with Crippen LogP contribution in [0.3, 0.4) is 0 Å². The summed E-state index contributed by atoms with van der Waals surface area (Å²) in [6.07, 6.45) is 0.856. The molecule has 1 heterocycles. The van der Waals surface area contributed by atoms with E-state index in [-0.39, 0.29) is 5.91 Å². The molecule has 0 atom stereocenters. The number of nitrogens with zero attached hydrogens (tertiary/aromatic N) is 2. The van der Waals surface area contributed by atoms with Gasteiger partial charge in [-0.25, -0.2) is 4.68 Å². The van der Waals surface area contributed by atoms with Crippen LogP contribution in [-0.2, 0) is 11.2 Å². The van der Waals surface area contributed by atoms with Gasteiger partial charge in [-0.15, -0.1) is 0 Å². The van der Waals surface area contributed by atoms with E-state index in [0.29, 0.717) is 18.7 Å². The zero-order chi connectivity index (χ0) is 23.4. The fourth-order valence-electron chi connectivity index (χ4n) is 3.84. The van der Waals surface area contributed by atoms with Crippen molar-refractivity contribution in [1.82, 2.24) is 9.78 Å². The van der Waals surface area contributed by atoms with E-state index in [4.69, 9.17) is 9.84 Å². The van der Waals surface area contributed by atoms with Crippen LogP contribution in [0.2, 0.25) is 0 Å². The summed E-state index contributed by atoms with van der Waals surface area (Å²) in [5.74, 6) is 1.35. The molecule has 0 unspecified atom stereocenters. The minimum Gasteiger partial charge on any atom is -0.439 e. The first-order valence-corrected chi connectivity index (χ1v) is 11.2. The van der Waals surface area contributed by atoms with Crippen LogP contribution in [0.15, 0.2) is 72.8 Å². The highest BCUT2D eigenvalue weighted by Gasteiger charge is 2.20. The molecule has 0 aliphatic carbocycles. The molecule has 0 bridgehead atoms. The topological polar surface area (TPSA) is 56.2 Å². The molecule has 0 radical (unpaired) electrons. The van der Waals surface area contributed by atoms with Crippen molar-refractivity contribution in [3.63, 3.8) is 0 Å². The second kappa shape index (κ2) is 9.74. The molecule has 168 valence electrons. The number of aryl methyl sites for hydroxylation is 4. The van der Waals surface area contributed by atoms with Crippen LogP contribution in [0, 0.1) is 27.7 Å². The molecule has 1 amide bonds. The number of amides is 1. The van der Waals surface area contributed by atoms with Crippen molar-refractivity contribution in [2.45, 2.75) is 40.5 Å². The van der Waals surface area contributed by atoms with E-state index in [1.165, 1.54) is 0 Å². The molecule has 0 saturated heterocycles. The molecule has 3 aromatic carbocycles. The molecule has 5 nitrogen and oxygen atoms in total. The number of hydrogen-bond donors (Lipinski definition) is 1. The summed E-state index contributed by atoms with van der Waals surface area (Å²) in [5.41, 5.74) is 6.88. The summed E-state index contributed by atoms with van der Waals surface area (Å²) in [6.45, 7) is 8.06. The smallest absolute Gasteiger partial charge is 0.226 e. The number of rotatable bonds is 7. The van der Waals surface area contributed by atoms with Crippen LogP contribution >= 0.6 is 0 Å². The number of anilines is 1. The Morgan fingerprint density at radius 1 is 0.879 bits per heavy atom. The maximum Gasteiger partial charge on any atom is 0.226 e. The second-order valence-corrected chi connectivity index (χ2v) is 8.46. The summed E-state index contributed by atoms with van der Waals surface area (Å²) < 4.78 is 8.20. The first-order chi connectivity index (χ1) is 15.9. The van der Waals surface area contributed by atoms with Crippen LogP contribution in [-0.4, -0.2) is 15.7 Å². The van der Waals surface area contributed by atoms with Crippen LogP contribution in [0.25, 0.3) is 5.69 Å². The Balaban J connectivity index is 1.62. The predicted octanol–water partition coefficient (Wildman–Crippen LogP) is 6.47. The van der Waals surface area contributed by atoms with Crippen molar-refractivity contribution in [1.29, 1.82) is 0 Å². The number of nitrogens with one attached hydrogen (secondary N) is 1. The van der Waals surface area contributed by atoms with Crippen LogP contribution < -0.4 is 10.1 Å². The maximum atomic E-state index is 12.7. The lowest BCUT2D eigenvalue weighted by Crippen LogP contribution is -2.12. The highest BCUT2D eigenvalue weighted by Crippen LogP contribution is 2.32. The van der Waals surface area contributed by atoms with Crippen molar-refractivity contribution in [2.24, 2.45) is 0 Å². The highest BCUT2D eigenvalue weighted by atomic mass is 16.5. The van der Waals surface area contributed by atoms with E-state index in [9.17, 15) is 4.79 Å². The normalized spacial score (nSPS) is 10.8. The van der Waals surface area contributed by atoms with Gasteiger partial charge in [-0.05, 0) is 87.2 Å². The molecule has 0 fully saturated rings. The highest BCUT2D eigenvalue weighted by molar-refractivity contribution is 5.90. The minimum atomic E-state index is -0.0372. The van der Waals surface area contributed by atoms with Crippen LogP contribution in [0.4, 0.5) is 5.69 Å². The summed E-state index contributed by atoms with van der Waals surface area (Å²) >= 11 is 0. The second-order valence-electron chi connectivity index (χ2n) is 8.46. The third-order valence-electron chi connectivity index (χ3n) is 5.49. The molecule has 0 aliphatic rings. The Labute approximate surface area is 195 Å². The standard InChI is InChI=1S/C28H29N3O2/c1-19-8-5-11-23(16-19)29-27(32)15-14-26-22(4)30-31(24-12-6-9-20(2)17-24)28(26)33-25-13-7-10-21(3)18-25/h5-13,16-18H,14-15H2,1-4H3,(H,29,32). The van der Waals surface area contributed by atoms with Crippen molar-refractivity contribution in [3.05, 3.63) is 101 Å². The van der Waals surface area contributed by atoms with E-state index < -0.39 is 0 Å². The molecule has 0 saturated carbocycles. The molecule has 5 heteroatoms. The molecule has 1 aromatic heterocycles. The van der Waals surface area contributed by atoms with E-state index in [2.05, 4.69) is 24.4 Å². The van der Waals surface area contributed by atoms with Gasteiger partial charge in [0.25, 0.3) is 0 Å². The first-order valence-electron chi connectivity index (χ1n) is 11.2. The molecule has 4 rings (SSSR count). The number of benzene rings is 3. The fourth-order valence-corrected chi connectivity index (χ4v) is 3.84. The van der Waals surface area contributed by atoms with Gasteiger partial charge in [0.1, 0.15) is 5.75 Å². The van der Waals surface area contributed by atoms with Gasteiger partial charge in [0.05, 0.1) is 11.4 Å². The molecule has 1 N–H and O–H groups in total. The van der Waals surface area contributed by atoms with Crippen molar-refractivity contribution in [3.8, 4) is 17.3 Å². The van der Waals surface area contributed by atoms with Crippen molar-refractivity contribution >= 4 is 11.6 Å². The maximum absolute atomic E-state index is 12.7. The Morgan fingerprint density at radius 2 is 1.55 bits per heavy atom. The molecule has 0 aliphatic heterocycles. The predicted molar refractivity (Wildman–Crippen MR) is 132 cm³/mol. The van der Waals surface area contributed by atoms with Crippen molar-refractivity contribution in [2.75, 3.05) is 5.32 Å². The third-order valence-corrected chi connectivity index (χ3v) is 5.49. The van der Waals surface area contributed by atoms with E-state index >= 15 is 0 Å². The van der Waals surface area contributed by atoms with Gasteiger partial charge in [0.2, 0.25) is 11.8 Å². The summed E-state index contributed by atoms with van der Waals surface area (Å²) in [7, 11) is 0. The van der Waals surface area contributed by atoms with Gasteiger partial charge >= 0.3 is 0 Å². The van der Waals surface area contributed by atoms with E-state index in [1.54, 1.807) is 0 Å². The van der Waals surface area contributed by atoms with Gasteiger partial charge in [-0.3, -0.25) is 4.79 Å². The van der Waals surface area contributed by atoms with Gasteiger partial charge in [0, 0.05) is 17.7 Å². The monoisotopic (exact) mass is 439 g/mol. The zero-order valence-corrected chi connectivity index (χ0v) is 19.6. The Morgan fingerprint density at radius 3 is 2.24 bits per heavy atom. The van der Waals surface area contributed by atoms with E-state index in [1.807, 2.05) is 86.1 Å². The van der Waals surface area contributed by atoms with Gasteiger partial charge < -0.3 is 10.1 Å².